The molecule has 18 nitrogen and oxygen atoms in total. The summed E-state index contributed by atoms with van der Waals surface area (Å²) in [5, 5.41) is 15.3. The number of carboxylic acid groups (broad SMARTS) is 1. The molecule has 3 aromatic heterocycles. The number of aliphatic hydroxyl groups excluding tert-OH is 1. The molecule has 192 valence electrons. The van der Waals surface area contributed by atoms with Crippen molar-refractivity contribution in [1.82, 2.24) is 36.1 Å². The molecule has 3 aromatic rings. The summed E-state index contributed by atoms with van der Waals surface area (Å²) in [7, 11) is 2.19. The van der Waals surface area contributed by atoms with Gasteiger partial charge in [-0.15, -0.1) is 0 Å². The van der Waals surface area contributed by atoms with Crippen molar-refractivity contribution in [2.75, 3.05) is 14.2 Å². The van der Waals surface area contributed by atoms with Crippen LogP contribution in [0.3, 0.4) is 0 Å². The largest absolute Gasteiger partial charge is 0.476 e. The lowest BCUT2D eigenvalue weighted by Gasteiger charge is -1.93. The number of aliphatic hydroxyl groups is 1. The summed E-state index contributed by atoms with van der Waals surface area (Å²) < 4.78 is 4.30. The van der Waals surface area contributed by atoms with Crippen LogP contribution in [0.2, 0.25) is 0 Å². The maximum absolute atomic E-state index is 10.8. The van der Waals surface area contributed by atoms with Crippen molar-refractivity contribution < 1.29 is 34.8 Å². The number of aromatic carboxylic acids is 1. The van der Waals surface area contributed by atoms with E-state index in [4.69, 9.17) is 15.9 Å². The van der Waals surface area contributed by atoms with E-state index in [1.165, 1.54) is 44.3 Å². The summed E-state index contributed by atoms with van der Waals surface area (Å²) >= 11 is 0. The monoisotopic (exact) mass is 500 g/mol. The molecule has 1 amide bonds. The summed E-state index contributed by atoms with van der Waals surface area (Å²) in [6.45, 7) is 0. The molecule has 0 aliphatic rings. The third kappa shape index (κ3) is 11.9. The Kier molecular flexibility index (Phi) is 18.3. The minimum absolute atomic E-state index is 0. The topological polar surface area (TPSA) is 331 Å². The number of carboxylic acids is 1. The molecule has 35 heavy (non-hydrogen) atoms. The molecule has 3 rings (SSSR count). The van der Waals surface area contributed by atoms with Gasteiger partial charge in [0.2, 0.25) is 11.4 Å². The number of nitrogens with two attached hydrogens (primary N) is 1. The predicted molar refractivity (Wildman–Crippen MR) is 118 cm³/mol. The average Bonchev–Trinajstić information content (AvgIpc) is 2.81. The summed E-state index contributed by atoms with van der Waals surface area (Å²) in [6, 6.07) is 0. The van der Waals surface area contributed by atoms with Gasteiger partial charge in [-0.1, -0.05) is 0 Å². The van der Waals surface area contributed by atoms with E-state index in [-0.39, 0.29) is 23.0 Å². The van der Waals surface area contributed by atoms with Gasteiger partial charge in [0.25, 0.3) is 22.6 Å². The number of aromatic nitrogens is 6. The van der Waals surface area contributed by atoms with E-state index in [2.05, 4.69) is 34.6 Å². The van der Waals surface area contributed by atoms with E-state index in [1.807, 2.05) is 0 Å². The molecule has 0 aliphatic heterocycles. The molecular weight excluding hydrogens is 476 g/mol. The van der Waals surface area contributed by atoms with E-state index in [0.717, 1.165) is 7.11 Å². The van der Waals surface area contributed by atoms with Crippen molar-refractivity contribution in [2.45, 2.75) is 0 Å². The van der Waals surface area contributed by atoms with Gasteiger partial charge in [0.1, 0.15) is 0 Å². The summed E-state index contributed by atoms with van der Waals surface area (Å²) in [5.74, 6) is -2.87. The van der Waals surface area contributed by atoms with Crippen molar-refractivity contribution in [1.29, 1.82) is 0 Å². The number of amides is 1. The molecule has 0 unspecified atom stereocenters. The Morgan fingerprint density at radius 3 is 1.37 bits per heavy atom. The number of H-pyrrole nitrogens is 3. The van der Waals surface area contributed by atoms with Crippen LogP contribution in [0.15, 0.2) is 51.6 Å². The van der Waals surface area contributed by atoms with Gasteiger partial charge in [-0.3, -0.25) is 19.2 Å². The number of nitrogens with zero attached hydrogens (tertiary/aromatic N) is 3. The lowest BCUT2D eigenvalue weighted by atomic mass is 10.4. The number of nitrogens with one attached hydrogen (secondary N) is 3. The van der Waals surface area contributed by atoms with Gasteiger partial charge in [0.15, 0.2) is 5.69 Å². The van der Waals surface area contributed by atoms with Crippen LogP contribution in [-0.2, 0) is 4.74 Å². The molecule has 0 atom stereocenters. The Morgan fingerprint density at radius 1 is 0.800 bits per heavy atom. The van der Waals surface area contributed by atoms with Crippen molar-refractivity contribution in [3.8, 4) is 0 Å². The number of primary amides is 1. The van der Waals surface area contributed by atoms with Crippen LogP contribution >= 0.6 is 0 Å². The Hall–Kier alpha value is -5.07. The number of rotatable bonds is 3. The number of ether oxygens (including phenoxy) is 1. The number of carbonyl (C=O) groups is 3. The number of aromatic amines is 3. The van der Waals surface area contributed by atoms with Crippen molar-refractivity contribution in [2.24, 2.45) is 5.73 Å². The first kappa shape index (κ1) is 34.5. The molecule has 0 fully saturated rings. The van der Waals surface area contributed by atoms with E-state index in [0.29, 0.717) is 0 Å². The van der Waals surface area contributed by atoms with Crippen molar-refractivity contribution in [3.05, 3.63) is 85.3 Å². The van der Waals surface area contributed by atoms with E-state index in [9.17, 15) is 28.8 Å². The zero-order valence-electron chi connectivity index (χ0n) is 18.3. The fourth-order valence-electron chi connectivity index (χ4n) is 1.63. The zero-order valence-corrected chi connectivity index (χ0v) is 18.3. The lowest BCUT2D eigenvalue weighted by molar-refractivity contribution is 0.0590. The van der Waals surface area contributed by atoms with Gasteiger partial charge in [-0.25, -0.2) is 24.5 Å². The number of hydrogen-bond acceptors (Lipinski definition) is 12. The molecular formula is C17H24N8O10. The van der Waals surface area contributed by atoms with Crippen molar-refractivity contribution >= 4 is 17.8 Å². The second-order valence-corrected chi connectivity index (χ2v) is 4.96. The standard InChI is InChI=1S/C6H6N2O3.C5H5N3O2.C5H4N2O3.CH4O.H3N.H2O/c1-11-6(10)4-5(9)8-3-2-7-4;6-4(9)3-5(10)8-2-1-7-3;8-4-3(5(9)10)6-1-2-7-4;1-2;;/h2-3H,1H3,(H,8,9);1-2H,(H2,6,9)(H,8,10);1-2H,(H,7,8)(H,9,10);2H,1H3;1H3;1H2. The van der Waals surface area contributed by atoms with Crippen LogP contribution in [0.4, 0.5) is 0 Å². The normalized spacial score (nSPS) is 8.31. The first-order chi connectivity index (χ1) is 15.7. The van der Waals surface area contributed by atoms with Gasteiger partial charge >= 0.3 is 11.9 Å². The summed E-state index contributed by atoms with van der Waals surface area (Å²) in [5.41, 5.74) is 2.03. The summed E-state index contributed by atoms with van der Waals surface area (Å²) in [6.07, 6.45) is 7.76. The number of hydrogen-bond donors (Lipinski definition) is 7. The SMILES string of the molecule is CO.COC(=O)c1ncc[nH]c1=O.N.NC(=O)c1ncc[nH]c1=O.O.O=C(O)c1ncc[nH]c1=O. The third-order valence-electron chi connectivity index (χ3n) is 2.94. The van der Waals surface area contributed by atoms with Gasteiger partial charge in [-0.05, 0) is 0 Å². The second kappa shape index (κ2) is 18.5. The molecule has 0 saturated carbocycles. The Morgan fingerprint density at radius 2 is 1.14 bits per heavy atom. The predicted octanol–water partition coefficient (Wildman–Crippen LogP) is -3.16. The molecule has 0 bridgehead atoms. The van der Waals surface area contributed by atoms with Crippen LogP contribution in [0.1, 0.15) is 31.5 Å². The van der Waals surface area contributed by atoms with Gasteiger partial charge in [0.05, 0.1) is 7.11 Å². The number of methoxy groups -OCH3 is 1. The molecule has 0 aromatic carbocycles. The van der Waals surface area contributed by atoms with E-state index in [1.54, 1.807) is 0 Å². The quantitative estimate of drug-likeness (QED) is 0.175. The molecule has 12 N–H and O–H groups in total. The fraction of sp³-hybridized carbons (Fsp3) is 0.118. The lowest BCUT2D eigenvalue weighted by Crippen LogP contribution is -2.24. The highest BCUT2D eigenvalue weighted by molar-refractivity contribution is 5.90. The molecule has 0 saturated heterocycles. The molecule has 0 spiro atoms. The van der Waals surface area contributed by atoms with Crippen LogP contribution in [0.25, 0.3) is 0 Å². The first-order valence-corrected chi connectivity index (χ1v) is 8.36. The third-order valence-corrected chi connectivity index (χ3v) is 2.94. The minimum Gasteiger partial charge on any atom is -0.476 e. The van der Waals surface area contributed by atoms with Crippen LogP contribution in [0, 0.1) is 0 Å². The number of esters is 1. The highest BCUT2D eigenvalue weighted by Gasteiger charge is 2.10. The smallest absolute Gasteiger partial charge is 0.362 e. The van der Waals surface area contributed by atoms with Crippen LogP contribution in [-0.4, -0.2) is 77.7 Å². The molecule has 18 heteroatoms. The van der Waals surface area contributed by atoms with Gasteiger partial charge < -0.3 is 47.3 Å². The highest BCUT2D eigenvalue weighted by Crippen LogP contribution is 1.85. The number of carbonyl (C=O) groups excluding carboxylic acids is 2. The first-order valence-electron chi connectivity index (χ1n) is 8.36. The Bertz CT molecular complexity index is 1170. The second-order valence-electron chi connectivity index (χ2n) is 4.96. The highest BCUT2D eigenvalue weighted by atomic mass is 16.5. The van der Waals surface area contributed by atoms with Gasteiger partial charge in [-0.2, -0.15) is 0 Å². The zero-order chi connectivity index (χ0) is 25.4. The maximum Gasteiger partial charge on any atom is 0.362 e. The Labute approximate surface area is 194 Å². The molecule has 3 heterocycles. The molecule has 0 aliphatic carbocycles. The van der Waals surface area contributed by atoms with E-state index >= 15 is 0 Å². The van der Waals surface area contributed by atoms with Crippen molar-refractivity contribution in [3.63, 3.8) is 0 Å². The van der Waals surface area contributed by atoms with E-state index < -0.39 is 40.2 Å². The minimum atomic E-state index is -1.32. The average molecular weight is 500 g/mol. The van der Waals surface area contributed by atoms with Gasteiger partial charge in [0, 0.05) is 44.3 Å². The van der Waals surface area contributed by atoms with Crippen LogP contribution < -0.4 is 28.6 Å². The Balaban J connectivity index is -0.000000412. The summed E-state index contributed by atoms with van der Waals surface area (Å²) in [4.78, 5) is 80.3. The maximum atomic E-state index is 10.8. The molecule has 0 radical (unpaired) electrons. The van der Waals surface area contributed by atoms with Crippen LogP contribution in [0.5, 0.6) is 0 Å². The fourth-order valence-corrected chi connectivity index (χ4v) is 1.63.